The smallest absolute Gasteiger partial charge is 0.344 e. The fraction of sp³-hybridized carbons (Fsp3) is 0.211. The normalized spacial score (nSPS) is 11.9. The average molecular weight is 386 g/mol. The molecule has 0 aliphatic carbocycles. The Morgan fingerprint density at radius 2 is 1.89 bits per heavy atom. The Balaban J connectivity index is 1.62. The van der Waals surface area contributed by atoms with Crippen LogP contribution in [0.4, 0.5) is 4.39 Å². The second-order valence-electron chi connectivity index (χ2n) is 5.99. The number of amides is 1. The number of hydrogen-bond acceptors (Lipinski definition) is 4. The molecule has 27 heavy (non-hydrogen) atoms. The first kappa shape index (κ1) is 18.9. The highest BCUT2D eigenvalue weighted by Crippen LogP contribution is 2.20. The van der Waals surface area contributed by atoms with Crippen molar-refractivity contribution >= 4 is 17.7 Å². The molecule has 1 amide bonds. The molecule has 3 aromatic rings. The van der Waals surface area contributed by atoms with Crippen LogP contribution in [0.1, 0.15) is 18.1 Å². The molecular weight excluding hydrogens is 367 g/mol. The number of aromatic nitrogens is 3. The quantitative estimate of drug-likeness (QED) is 0.612. The van der Waals surface area contributed by atoms with Gasteiger partial charge in [-0.05, 0) is 30.2 Å². The first-order valence-electron chi connectivity index (χ1n) is 8.41. The SMILES string of the molecule is CC(Sc1n[nH]c(=O)n1Cc1ccccc1)C(=O)NCc1ccc(F)cc1. The van der Waals surface area contributed by atoms with Gasteiger partial charge in [0.2, 0.25) is 5.91 Å². The van der Waals surface area contributed by atoms with Crippen molar-refractivity contribution in [1.82, 2.24) is 20.1 Å². The van der Waals surface area contributed by atoms with Crippen molar-refractivity contribution in [2.24, 2.45) is 0 Å². The predicted octanol–water partition coefficient (Wildman–Crippen LogP) is 2.56. The topological polar surface area (TPSA) is 79.8 Å². The van der Waals surface area contributed by atoms with Gasteiger partial charge in [0.1, 0.15) is 5.82 Å². The first-order chi connectivity index (χ1) is 13.0. The minimum absolute atomic E-state index is 0.189. The van der Waals surface area contributed by atoms with Gasteiger partial charge in [-0.2, -0.15) is 0 Å². The highest BCUT2D eigenvalue weighted by molar-refractivity contribution is 8.00. The van der Waals surface area contributed by atoms with Crippen LogP contribution in [-0.4, -0.2) is 25.9 Å². The summed E-state index contributed by atoms with van der Waals surface area (Å²) in [5, 5.41) is 9.27. The third kappa shape index (κ3) is 5.07. The molecule has 0 fully saturated rings. The van der Waals surface area contributed by atoms with Crippen LogP contribution in [0.2, 0.25) is 0 Å². The highest BCUT2D eigenvalue weighted by Gasteiger charge is 2.19. The third-order valence-electron chi connectivity index (χ3n) is 3.94. The molecular formula is C19H19FN4O2S. The molecule has 0 saturated carbocycles. The Bertz CT molecular complexity index is 954. The minimum atomic E-state index is -0.449. The summed E-state index contributed by atoms with van der Waals surface area (Å²) >= 11 is 1.20. The van der Waals surface area contributed by atoms with E-state index in [0.29, 0.717) is 18.2 Å². The van der Waals surface area contributed by atoms with E-state index in [1.165, 1.54) is 28.5 Å². The monoisotopic (exact) mass is 386 g/mol. The molecule has 1 unspecified atom stereocenters. The fourth-order valence-electron chi connectivity index (χ4n) is 2.45. The summed E-state index contributed by atoms with van der Waals surface area (Å²) in [6, 6.07) is 15.5. The molecule has 1 heterocycles. The van der Waals surface area contributed by atoms with Crippen molar-refractivity contribution in [3.05, 3.63) is 82.0 Å². The van der Waals surface area contributed by atoms with Crippen LogP contribution in [0.5, 0.6) is 0 Å². The maximum Gasteiger partial charge on any atom is 0.344 e. The number of carbonyl (C=O) groups excluding carboxylic acids is 1. The fourth-order valence-corrected chi connectivity index (χ4v) is 3.33. The molecule has 140 valence electrons. The highest BCUT2D eigenvalue weighted by atomic mass is 32.2. The van der Waals surface area contributed by atoms with Crippen LogP contribution in [0.3, 0.4) is 0 Å². The zero-order valence-corrected chi connectivity index (χ0v) is 15.5. The van der Waals surface area contributed by atoms with Gasteiger partial charge >= 0.3 is 5.69 Å². The van der Waals surface area contributed by atoms with Crippen molar-refractivity contribution in [2.75, 3.05) is 0 Å². The van der Waals surface area contributed by atoms with E-state index in [2.05, 4.69) is 15.5 Å². The van der Waals surface area contributed by atoms with Gasteiger partial charge in [0.05, 0.1) is 11.8 Å². The molecule has 2 N–H and O–H groups in total. The molecule has 3 rings (SSSR count). The van der Waals surface area contributed by atoms with E-state index in [4.69, 9.17) is 0 Å². The number of H-pyrrole nitrogens is 1. The summed E-state index contributed by atoms with van der Waals surface area (Å²) < 4.78 is 14.4. The van der Waals surface area contributed by atoms with E-state index in [1.54, 1.807) is 19.1 Å². The number of hydrogen-bond donors (Lipinski definition) is 2. The Hall–Kier alpha value is -2.87. The van der Waals surface area contributed by atoms with E-state index in [0.717, 1.165) is 11.1 Å². The molecule has 0 radical (unpaired) electrons. The lowest BCUT2D eigenvalue weighted by Crippen LogP contribution is -2.31. The van der Waals surface area contributed by atoms with Crippen molar-refractivity contribution in [3.8, 4) is 0 Å². The van der Waals surface area contributed by atoms with E-state index in [-0.39, 0.29) is 17.4 Å². The number of halogens is 1. The van der Waals surface area contributed by atoms with E-state index >= 15 is 0 Å². The van der Waals surface area contributed by atoms with Gasteiger partial charge < -0.3 is 5.32 Å². The summed E-state index contributed by atoms with van der Waals surface area (Å²) in [5.41, 5.74) is 1.46. The van der Waals surface area contributed by atoms with Crippen LogP contribution >= 0.6 is 11.8 Å². The van der Waals surface area contributed by atoms with Gasteiger partial charge in [0.15, 0.2) is 5.16 Å². The standard InChI is InChI=1S/C19H19FN4O2S/c1-13(17(25)21-11-14-7-9-16(20)10-8-14)27-19-23-22-18(26)24(19)12-15-5-3-2-4-6-15/h2-10,13H,11-12H2,1H3,(H,21,25)(H,22,26). The number of nitrogens with zero attached hydrogens (tertiary/aromatic N) is 2. The van der Waals surface area contributed by atoms with Gasteiger partial charge in [-0.25, -0.2) is 14.3 Å². The molecule has 1 atom stereocenters. The van der Waals surface area contributed by atoms with Gasteiger partial charge in [-0.1, -0.05) is 54.2 Å². The van der Waals surface area contributed by atoms with Crippen molar-refractivity contribution in [2.45, 2.75) is 30.4 Å². The number of aromatic amines is 1. The third-order valence-corrected chi connectivity index (χ3v) is 5.03. The van der Waals surface area contributed by atoms with Crippen molar-refractivity contribution in [1.29, 1.82) is 0 Å². The zero-order chi connectivity index (χ0) is 19.2. The van der Waals surface area contributed by atoms with E-state index in [1.807, 2.05) is 30.3 Å². The molecule has 8 heteroatoms. The molecule has 2 aromatic carbocycles. The first-order valence-corrected chi connectivity index (χ1v) is 9.29. The Morgan fingerprint density at radius 1 is 1.19 bits per heavy atom. The molecule has 1 aromatic heterocycles. The van der Waals surface area contributed by atoms with E-state index in [9.17, 15) is 14.0 Å². The second kappa shape index (κ2) is 8.68. The Kier molecular flexibility index (Phi) is 6.08. The van der Waals surface area contributed by atoms with Gasteiger partial charge in [0.25, 0.3) is 0 Å². The number of rotatable bonds is 7. The lowest BCUT2D eigenvalue weighted by molar-refractivity contribution is -0.120. The number of nitrogens with one attached hydrogen (secondary N) is 2. The summed E-state index contributed by atoms with van der Waals surface area (Å²) in [4.78, 5) is 24.4. The molecule has 0 aliphatic heterocycles. The van der Waals surface area contributed by atoms with Crippen LogP contribution in [0, 0.1) is 5.82 Å². The van der Waals surface area contributed by atoms with Crippen molar-refractivity contribution < 1.29 is 9.18 Å². The number of thioether (sulfide) groups is 1. The number of carbonyl (C=O) groups is 1. The summed E-state index contributed by atoms with van der Waals surface area (Å²) in [6.45, 7) is 2.43. The van der Waals surface area contributed by atoms with Crippen molar-refractivity contribution in [3.63, 3.8) is 0 Å². The molecule has 0 saturated heterocycles. The average Bonchev–Trinajstić information content (AvgIpc) is 3.01. The summed E-state index contributed by atoms with van der Waals surface area (Å²) in [6.07, 6.45) is 0. The van der Waals surface area contributed by atoms with Gasteiger partial charge in [-0.15, -0.1) is 5.10 Å². The van der Waals surface area contributed by atoms with E-state index < -0.39 is 5.25 Å². The predicted molar refractivity (Wildman–Crippen MR) is 102 cm³/mol. The Labute approximate surface area is 159 Å². The van der Waals surface area contributed by atoms with Crippen LogP contribution < -0.4 is 11.0 Å². The maximum atomic E-state index is 12.9. The molecule has 0 bridgehead atoms. The van der Waals surface area contributed by atoms with Gasteiger partial charge in [0, 0.05) is 6.54 Å². The molecule has 0 spiro atoms. The second-order valence-corrected chi connectivity index (χ2v) is 7.30. The van der Waals surface area contributed by atoms with Crippen LogP contribution in [0.25, 0.3) is 0 Å². The lowest BCUT2D eigenvalue weighted by Gasteiger charge is -2.12. The number of benzene rings is 2. The summed E-state index contributed by atoms with van der Waals surface area (Å²) in [7, 11) is 0. The maximum absolute atomic E-state index is 12.9. The summed E-state index contributed by atoms with van der Waals surface area (Å²) in [5.74, 6) is -0.505. The minimum Gasteiger partial charge on any atom is -0.351 e. The molecule has 0 aliphatic rings. The van der Waals surface area contributed by atoms with Crippen LogP contribution in [0.15, 0.2) is 64.5 Å². The van der Waals surface area contributed by atoms with Gasteiger partial charge in [-0.3, -0.25) is 9.36 Å². The lowest BCUT2D eigenvalue weighted by atomic mass is 10.2. The Morgan fingerprint density at radius 3 is 2.59 bits per heavy atom. The molecule has 6 nitrogen and oxygen atoms in total. The van der Waals surface area contributed by atoms with Crippen LogP contribution in [-0.2, 0) is 17.9 Å². The largest absolute Gasteiger partial charge is 0.351 e. The zero-order valence-electron chi connectivity index (χ0n) is 14.7.